The Kier molecular flexibility index (Phi) is 3.60. The van der Waals surface area contributed by atoms with E-state index in [-0.39, 0.29) is 36.0 Å². The van der Waals surface area contributed by atoms with Crippen LogP contribution in [-0.2, 0) is 9.59 Å². The standard InChI is InChI=1S/C13H12N2O5/c1-8-5-12(17)14(13(8)18)7-11(16)9-3-2-4-10(6-9)15(19)20/h2-4,6,8H,5,7H2,1H3. The van der Waals surface area contributed by atoms with Crippen LogP contribution < -0.4 is 0 Å². The molecule has 1 saturated heterocycles. The zero-order chi connectivity index (χ0) is 14.9. The summed E-state index contributed by atoms with van der Waals surface area (Å²) in [5.41, 5.74) is -0.0948. The highest BCUT2D eigenvalue weighted by Gasteiger charge is 2.36. The highest BCUT2D eigenvalue weighted by Crippen LogP contribution is 2.20. The SMILES string of the molecule is CC1CC(=O)N(CC(=O)c2cccc([N+](=O)[O-])c2)C1=O. The molecule has 0 spiro atoms. The van der Waals surface area contributed by atoms with Crippen molar-refractivity contribution in [2.45, 2.75) is 13.3 Å². The van der Waals surface area contributed by atoms with E-state index in [0.717, 1.165) is 11.0 Å². The van der Waals surface area contributed by atoms with Gasteiger partial charge in [-0.15, -0.1) is 0 Å². The average Bonchev–Trinajstić information content (AvgIpc) is 2.65. The number of non-ortho nitro benzene ring substituents is 1. The van der Waals surface area contributed by atoms with Crippen LogP contribution in [0.3, 0.4) is 0 Å². The van der Waals surface area contributed by atoms with Gasteiger partial charge in [0.15, 0.2) is 5.78 Å². The molecule has 7 nitrogen and oxygen atoms in total. The molecular weight excluding hydrogens is 264 g/mol. The van der Waals surface area contributed by atoms with Gasteiger partial charge in [-0.25, -0.2) is 0 Å². The van der Waals surface area contributed by atoms with Crippen molar-refractivity contribution in [2.24, 2.45) is 5.92 Å². The fourth-order valence-corrected chi connectivity index (χ4v) is 2.04. The van der Waals surface area contributed by atoms with Crippen molar-refractivity contribution in [3.8, 4) is 0 Å². The van der Waals surface area contributed by atoms with E-state index in [1.165, 1.54) is 18.2 Å². The number of rotatable bonds is 4. The number of imide groups is 1. The topological polar surface area (TPSA) is 97.6 Å². The first-order chi connectivity index (χ1) is 9.40. The van der Waals surface area contributed by atoms with E-state index < -0.39 is 16.6 Å². The summed E-state index contributed by atoms with van der Waals surface area (Å²) >= 11 is 0. The molecule has 20 heavy (non-hydrogen) atoms. The second-order valence-corrected chi connectivity index (χ2v) is 4.65. The summed E-state index contributed by atoms with van der Waals surface area (Å²) in [7, 11) is 0. The minimum Gasteiger partial charge on any atom is -0.292 e. The Hall–Kier alpha value is -2.57. The van der Waals surface area contributed by atoms with Gasteiger partial charge in [0.05, 0.1) is 11.5 Å². The number of carbonyl (C=O) groups excluding carboxylic acids is 3. The quantitative estimate of drug-likeness (QED) is 0.356. The lowest BCUT2D eigenvalue weighted by atomic mass is 10.1. The number of nitro benzene ring substituents is 1. The van der Waals surface area contributed by atoms with Gasteiger partial charge in [0.1, 0.15) is 0 Å². The highest BCUT2D eigenvalue weighted by atomic mass is 16.6. The number of hydrogen-bond acceptors (Lipinski definition) is 5. The van der Waals surface area contributed by atoms with Crippen LogP contribution in [0.1, 0.15) is 23.7 Å². The molecule has 0 bridgehead atoms. The molecule has 0 aromatic heterocycles. The Balaban J connectivity index is 2.17. The van der Waals surface area contributed by atoms with E-state index in [1.807, 2.05) is 0 Å². The Morgan fingerprint density at radius 2 is 2.15 bits per heavy atom. The molecule has 2 amide bonds. The van der Waals surface area contributed by atoms with Crippen molar-refractivity contribution in [1.82, 2.24) is 4.90 Å². The number of nitrogens with zero attached hydrogens (tertiary/aromatic N) is 2. The second kappa shape index (κ2) is 5.20. The van der Waals surface area contributed by atoms with Gasteiger partial charge in [-0.1, -0.05) is 19.1 Å². The highest BCUT2D eigenvalue weighted by molar-refractivity contribution is 6.08. The summed E-state index contributed by atoms with van der Waals surface area (Å²) in [6.07, 6.45) is 0.0983. The van der Waals surface area contributed by atoms with Gasteiger partial charge in [0.2, 0.25) is 11.8 Å². The Morgan fingerprint density at radius 1 is 1.45 bits per heavy atom. The molecule has 1 fully saturated rings. The smallest absolute Gasteiger partial charge is 0.270 e. The Morgan fingerprint density at radius 3 is 2.70 bits per heavy atom. The van der Waals surface area contributed by atoms with Gasteiger partial charge in [-0.05, 0) is 0 Å². The lowest BCUT2D eigenvalue weighted by Gasteiger charge is -2.13. The lowest BCUT2D eigenvalue weighted by Crippen LogP contribution is -2.35. The number of likely N-dealkylation sites (tertiary alicyclic amines) is 1. The molecule has 0 saturated carbocycles. The first-order valence-corrected chi connectivity index (χ1v) is 6.02. The normalized spacial score (nSPS) is 18.4. The van der Waals surface area contributed by atoms with Gasteiger partial charge in [0, 0.05) is 30.0 Å². The van der Waals surface area contributed by atoms with Gasteiger partial charge >= 0.3 is 0 Å². The van der Waals surface area contributed by atoms with E-state index in [1.54, 1.807) is 6.92 Å². The van der Waals surface area contributed by atoms with Crippen LogP contribution in [0.15, 0.2) is 24.3 Å². The van der Waals surface area contributed by atoms with Crippen LogP contribution in [0.5, 0.6) is 0 Å². The number of carbonyl (C=O) groups is 3. The van der Waals surface area contributed by atoms with Crippen LogP contribution in [0, 0.1) is 16.0 Å². The number of hydrogen-bond donors (Lipinski definition) is 0. The third-order valence-electron chi connectivity index (χ3n) is 3.15. The molecule has 0 radical (unpaired) electrons. The molecule has 1 aliphatic heterocycles. The molecule has 1 aromatic carbocycles. The number of Topliss-reactive ketones (excluding diaryl/α,β-unsaturated/α-hetero) is 1. The summed E-state index contributed by atoms with van der Waals surface area (Å²) in [5, 5.41) is 10.6. The van der Waals surface area contributed by atoms with E-state index in [2.05, 4.69) is 0 Å². The summed E-state index contributed by atoms with van der Waals surface area (Å²) in [5.74, 6) is -1.68. The van der Waals surface area contributed by atoms with E-state index in [9.17, 15) is 24.5 Å². The fraction of sp³-hybridized carbons (Fsp3) is 0.308. The predicted octanol–water partition coefficient (Wildman–Crippen LogP) is 1.17. The second-order valence-electron chi connectivity index (χ2n) is 4.65. The molecule has 1 aromatic rings. The van der Waals surface area contributed by atoms with Gasteiger partial charge in [-0.2, -0.15) is 0 Å². The van der Waals surface area contributed by atoms with E-state index >= 15 is 0 Å². The van der Waals surface area contributed by atoms with Gasteiger partial charge < -0.3 is 0 Å². The van der Waals surface area contributed by atoms with Crippen LogP contribution in [-0.4, -0.2) is 34.0 Å². The molecule has 1 unspecified atom stereocenters. The minimum atomic E-state index is -0.606. The van der Waals surface area contributed by atoms with Crippen molar-refractivity contribution in [2.75, 3.05) is 6.54 Å². The van der Waals surface area contributed by atoms with Gasteiger partial charge in [0.25, 0.3) is 5.69 Å². The van der Waals surface area contributed by atoms with E-state index in [0.29, 0.717) is 0 Å². The molecule has 2 rings (SSSR count). The molecule has 0 aliphatic carbocycles. The molecule has 1 heterocycles. The summed E-state index contributed by atoms with van der Waals surface area (Å²) < 4.78 is 0. The number of nitro groups is 1. The largest absolute Gasteiger partial charge is 0.292 e. The zero-order valence-corrected chi connectivity index (χ0v) is 10.7. The van der Waals surface area contributed by atoms with Crippen molar-refractivity contribution in [3.63, 3.8) is 0 Å². The predicted molar refractivity (Wildman–Crippen MR) is 67.9 cm³/mol. The van der Waals surface area contributed by atoms with Crippen LogP contribution in [0.25, 0.3) is 0 Å². The third-order valence-corrected chi connectivity index (χ3v) is 3.15. The molecule has 1 aliphatic rings. The van der Waals surface area contributed by atoms with Crippen LogP contribution >= 0.6 is 0 Å². The van der Waals surface area contributed by atoms with Crippen molar-refractivity contribution in [3.05, 3.63) is 39.9 Å². The zero-order valence-electron chi connectivity index (χ0n) is 10.7. The van der Waals surface area contributed by atoms with Crippen molar-refractivity contribution < 1.29 is 19.3 Å². The maximum Gasteiger partial charge on any atom is 0.270 e. The molecular formula is C13H12N2O5. The van der Waals surface area contributed by atoms with Crippen LogP contribution in [0.4, 0.5) is 5.69 Å². The average molecular weight is 276 g/mol. The molecule has 7 heteroatoms. The summed E-state index contributed by atoms with van der Waals surface area (Å²) in [6.45, 7) is 1.25. The molecule has 0 N–H and O–H groups in total. The number of benzene rings is 1. The van der Waals surface area contributed by atoms with Crippen molar-refractivity contribution in [1.29, 1.82) is 0 Å². The number of amides is 2. The molecule has 1 atom stereocenters. The maximum absolute atomic E-state index is 12.0. The third kappa shape index (κ3) is 2.56. The monoisotopic (exact) mass is 276 g/mol. The Bertz CT molecular complexity index is 611. The number of ketones is 1. The minimum absolute atomic E-state index is 0.0983. The van der Waals surface area contributed by atoms with Gasteiger partial charge in [-0.3, -0.25) is 29.4 Å². The van der Waals surface area contributed by atoms with Crippen molar-refractivity contribution >= 4 is 23.3 Å². The Labute approximate surface area is 114 Å². The lowest BCUT2D eigenvalue weighted by molar-refractivity contribution is -0.384. The first-order valence-electron chi connectivity index (χ1n) is 6.02. The fourth-order valence-electron chi connectivity index (χ4n) is 2.04. The first kappa shape index (κ1) is 13.9. The summed E-state index contributed by atoms with van der Waals surface area (Å²) in [4.78, 5) is 46.2. The molecule has 104 valence electrons. The summed E-state index contributed by atoms with van der Waals surface area (Å²) in [6, 6.07) is 5.22. The van der Waals surface area contributed by atoms with E-state index in [4.69, 9.17) is 0 Å². The van der Waals surface area contributed by atoms with Crippen LogP contribution in [0.2, 0.25) is 0 Å². The maximum atomic E-state index is 12.0.